The minimum Gasteiger partial charge on any atom is -0.377 e. The van der Waals surface area contributed by atoms with E-state index in [1.54, 1.807) is 0 Å². The van der Waals surface area contributed by atoms with Gasteiger partial charge in [-0.15, -0.1) is 0 Å². The molecule has 0 radical (unpaired) electrons. The highest BCUT2D eigenvalue weighted by atomic mass is 16.5. The zero-order chi connectivity index (χ0) is 11.5. The number of hydrogen-bond acceptors (Lipinski definition) is 5. The van der Waals surface area contributed by atoms with Gasteiger partial charge in [0.05, 0.1) is 18.8 Å². The first-order valence-corrected chi connectivity index (χ1v) is 5.87. The zero-order valence-electron chi connectivity index (χ0n) is 9.85. The molecular weight excluding hydrogens is 206 g/mol. The Morgan fingerprint density at radius 2 is 2.25 bits per heavy atom. The minimum absolute atomic E-state index is 0.170. The van der Waals surface area contributed by atoms with Crippen molar-refractivity contribution in [1.82, 2.24) is 10.1 Å². The van der Waals surface area contributed by atoms with E-state index in [-0.39, 0.29) is 12.1 Å². The zero-order valence-corrected chi connectivity index (χ0v) is 9.85. The maximum absolute atomic E-state index is 5.91. The molecule has 0 amide bonds. The Hall–Kier alpha value is -0.940. The average Bonchev–Trinajstić information content (AvgIpc) is 2.60. The normalized spacial score (nSPS) is 18.8. The topological polar surface area (TPSA) is 74.2 Å². The van der Waals surface area contributed by atoms with E-state index in [1.807, 2.05) is 13.8 Å². The monoisotopic (exact) mass is 225 g/mol. The number of ether oxygens (including phenoxy) is 1. The van der Waals surface area contributed by atoms with E-state index in [4.69, 9.17) is 15.0 Å². The van der Waals surface area contributed by atoms with Gasteiger partial charge in [0.2, 0.25) is 5.89 Å². The van der Waals surface area contributed by atoms with Crippen LogP contribution < -0.4 is 5.73 Å². The Balaban J connectivity index is 1.90. The minimum atomic E-state index is -0.292. The van der Waals surface area contributed by atoms with Gasteiger partial charge in [0, 0.05) is 5.92 Å². The number of rotatable bonds is 5. The van der Waals surface area contributed by atoms with E-state index in [1.165, 1.54) is 6.42 Å². The van der Waals surface area contributed by atoms with Crippen molar-refractivity contribution in [2.24, 2.45) is 5.73 Å². The molecule has 1 saturated carbocycles. The molecule has 1 aliphatic rings. The second-order valence-electron chi connectivity index (χ2n) is 4.61. The summed E-state index contributed by atoms with van der Waals surface area (Å²) in [6, 6.07) is -0.292. The molecule has 90 valence electrons. The van der Waals surface area contributed by atoms with Crippen LogP contribution in [0.4, 0.5) is 0 Å². The third kappa shape index (κ3) is 2.59. The van der Waals surface area contributed by atoms with Gasteiger partial charge in [-0.2, -0.15) is 4.98 Å². The summed E-state index contributed by atoms with van der Waals surface area (Å²) in [7, 11) is 0. The Morgan fingerprint density at radius 1 is 1.50 bits per heavy atom. The van der Waals surface area contributed by atoms with Crippen LogP contribution in [0.25, 0.3) is 0 Å². The predicted molar refractivity (Wildman–Crippen MR) is 58.9 cm³/mol. The van der Waals surface area contributed by atoms with Crippen molar-refractivity contribution in [2.45, 2.75) is 51.2 Å². The van der Waals surface area contributed by atoms with Gasteiger partial charge >= 0.3 is 0 Å². The Kier molecular flexibility index (Phi) is 3.56. The van der Waals surface area contributed by atoms with Crippen LogP contribution >= 0.6 is 0 Å². The number of nitrogens with zero attached hydrogens (tertiary/aromatic N) is 2. The Morgan fingerprint density at radius 3 is 2.81 bits per heavy atom. The van der Waals surface area contributed by atoms with Gasteiger partial charge in [0.15, 0.2) is 5.82 Å². The van der Waals surface area contributed by atoms with E-state index in [0.29, 0.717) is 18.3 Å². The maximum atomic E-state index is 5.91. The van der Waals surface area contributed by atoms with Gasteiger partial charge < -0.3 is 15.0 Å². The van der Waals surface area contributed by atoms with Crippen LogP contribution in [0.2, 0.25) is 0 Å². The lowest BCUT2D eigenvalue weighted by Gasteiger charge is -2.20. The van der Waals surface area contributed by atoms with Gasteiger partial charge in [0.25, 0.3) is 0 Å². The SMILES string of the molecule is CC(C)OCC(N)c1noc(C2CCC2)n1. The first-order valence-electron chi connectivity index (χ1n) is 5.87. The summed E-state index contributed by atoms with van der Waals surface area (Å²) < 4.78 is 10.6. The Bertz CT molecular complexity index is 334. The van der Waals surface area contributed by atoms with Crippen molar-refractivity contribution >= 4 is 0 Å². The van der Waals surface area contributed by atoms with Crippen molar-refractivity contribution in [3.8, 4) is 0 Å². The highest BCUT2D eigenvalue weighted by molar-refractivity contribution is 5.00. The molecule has 0 aliphatic heterocycles. The van der Waals surface area contributed by atoms with Crippen LogP contribution in [-0.4, -0.2) is 22.9 Å². The third-order valence-corrected chi connectivity index (χ3v) is 2.85. The molecule has 1 atom stereocenters. The van der Waals surface area contributed by atoms with Crippen LogP contribution in [0.3, 0.4) is 0 Å². The molecule has 0 spiro atoms. The molecule has 2 rings (SSSR count). The third-order valence-electron chi connectivity index (χ3n) is 2.85. The van der Waals surface area contributed by atoms with E-state index in [9.17, 15) is 0 Å². The lowest BCUT2D eigenvalue weighted by molar-refractivity contribution is 0.0665. The van der Waals surface area contributed by atoms with Gasteiger partial charge in [-0.05, 0) is 26.7 Å². The van der Waals surface area contributed by atoms with Crippen LogP contribution in [0.5, 0.6) is 0 Å². The van der Waals surface area contributed by atoms with Crippen LogP contribution in [0, 0.1) is 0 Å². The number of hydrogen-bond donors (Lipinski definition) is 1. The highest BCUT2D eigenvalue weighted by Gasteiger charge is 2.26. The van der Waals surface area contributed by atoms with E-state index >= 15 is 0 Å². The first-order chi connectivity index (χ1) is 7.66. The molecule has 0 aromatic carbocycles. The van der Waals surface area contributed by atoms with Crippen molar-refractivity contribution in [3.05, 3.63) is 11.7 Å². The summed E-state index contributed by atoms with van der Waals surface area (Å²) >= 11 is 0. The molecule has 0 saturated heterocycles. The van der Waals surface area contributed by atoms with E-state index < -0.39 is 0 Å². The molecule has 5 nitrogen and oxygen atoms in total. The molecule has 1 fully saturated rings. The van der Waals surface area contributed by atoms with Gasteiger partial charge in [0.1, 0.15) is 0 Å². The maximum Gasteiger partial charge on any atom is 0.229 e. The lowest BCUT2D eigenvalue weighted by Crippen LogP contribution is -2.21. The largest absolute Gasteiger partial charge is 0.377 e. The van der Waals surface area contributed by atoms with Crippen molar-refractivity contribution < 1.29 is 9.26 Å². The molecule has 1 unspecified atom stereocenters. The summed E-state index contributed by atoms with van der Waals surface area (Å²) in [5, 5.41) is 3.91. The lowest BCUT2D eigenvalue weighted by atomic mass is 9.85. The molecule has 16 heavy (non-hydrogen) atoms. The smallest absolute Gasteiger partial charge is 0.229 e. The standard InChI is InChI=1S/C11H19N3O2/c1-7(2)15-6-9(12)10-13-11(16-14-10)8-4-3-5-8/h7-9H,3-6,12H2,1-2H3. The molecule has 5 heteroatoms. The molecule has 1 aromatic rings. The van der Waals surface area contributed by atoms with Gasteiger partial charge in [-0.25, -0.2) is 0 Å². The molecular formula is C11H19N3O2. The summed E-state index contributed by atoms with van der Waals surface area (Å²) in [6.07, 6.45) is 3.73. The second kappa shape index (κ2) is 4.93. The van der Waals surface area contributed by atoms with Gasteiger partial charge in [-0.1, -0.05) is 11.6 Å². The van der Waals surface area contributed by atoms with Crippen LogP contribution in [0.15, 0.2) is 4.52 Å². The molecule has 1 aromatic heterocycles. The summed E-state index contributed by atoms with van der Waals surface area (Å²) in [6.45, 7) is 4.38. The summed E-state index contributed by atoms with van der Waals surface area (Å²) in [5.74, 6) is 1.75. The molecule has 2 N–H and O–H groups in total. The Labute approximate surface area is 95.3 Å². The van der Waals surface area contributed by atoms with Gasteiger partial charge in [-0.3, -0.25) is 0 Å². The van der Waals surface area contributed by atoms with E-state index in [2.05, 4.69) is 10.1 Å². The van der Waals surface area contributed by atoms with Crippen molar-refractivity contribution in [2.75, 3.05) is 6.61 Å². The number of aromatic nitrogens is 2. The van der Waals surface area contributed by atoms with E-state index in [0.717, 1.165) is 18.7 Å². The molecule has 0 bridgehead atoms. The van der Waals surface area contributed by atoms with Crippen molar-refractivity contribution in [3.63, 3.8) is 0 Å². The second-order valence-corrected chi connectivity index (χ2v) is 4.61. The van der Waals surface area contributed by atoms with Crippen LogP contribution in [-0.2, 0) is 4.74 Å². The van der Waals surface area contributed by atoms with Crippen molar-refractivity contribution in [1.29, 1.82) is 0 Å². The first kappa shape index (κ1) is 11.5. The summed E-state index contributed by atoms with van der Waals surface area (Å²) in [4.78, 5) is 4.33. The fourth-order valence-electron chi connectivity index (χ4n) is 1.59. The number of nitrogens with two attached hydrogens (primary N) is 1. The average molecular weight is 225 g/mol. The molecule has 1 heterocycles. The highest BCUT2D eigenvalue weighted by Crippen LogP contribution is 2.35. The fraction of sp³-hybridized carbons (Fsp3) is 0.818. The molecule has 1 aliphatic carbocycles. The quantitative estimate of drug-likeness (QED) is 0.826. The fourth-order valence-corrected chi connectivity index (χ4v) is 1.59. The summed E-state index contributed by atoms with van der Waals surface area (Å²) in [5.41, 5.74) is 5.91. The van der Waals surface area contributed by atoms with Crippen LogP contribution in [0.1, 0.15) is 56.8 Å². The predicted octanol–water partition coefficient (Wildman–Crippen LogP) is 1.76.